The number of carbonyl (C=O) groups is 1. The first-order valence-electron chi connectivity index (χ1n) is 11.2. The number of hydrogen-bond donors (Lipinski definition) is 1. The van der Waals surface area contributed by atoms with Crippen molar-refractivity contribution in [1.29, 1.82) is 0 Å². The van der Waals surface area contributed by atoms with Crippen molar-refractivity contribution in [2.75, 3.05) is 27.4 Å². The summed E-state index contributed by atoms with van der Waals surface area (Å²) in [4.78, 5) is 13.4. The number of carbonyl (C=O) groups excluding carboxylic acids is 1. The molecule has 8 nitrogen and oxygen atoms in total. The van der Waals surface area contributed by atoms with E-state index in [2.05, 4.69) is 5.32 Å². The molecule has 1 amide bonds. The van der Waals surface area contributed by atoms with Crippen molar-refractivity contribution in [1.82, 2.24) is 15.1 Å². The smallest absolute Gasteiger partial charge is 0.255 e. The lowest BCUT2D eigenvalue weighted by Gasteiger charge is -2.19. The van der Waals surface area contributed by atoms with E-state index in [0.29, 0.717) is 59.6 Å². The molecule has 1 N–H and O–H groups in total. The number of nitrogens with zero attached hydrogens (tertiary/aromatic N) is 2. The number of nitrogens with one attached hydrogen (secondary N) is 1. The summed E-state index contributed by atoms with van der Waals surface area (Å²) in [6.45, 7) is 1.36. The van der Waals surface area contributed by atoms with Crippen molar-refractivity contribution in [3.63, 3.8) is 0 Å². The Bertz CT molecular complexity index is 1350. The molecule has 0 fully saturated rings. The van der Waals surface area contributed by atoms with Gasteiger partial charge in [0.15, 0.2) is 11.5 Å². The normalized spacial score (nSPS) is 12.2. The number of methoxy groups -OCH3 is 2. The van der Waals surface area contributed by atoms with Crippen molar-refractivity contribution in [2.45, 2.75) is 6.54 Å². The van der Waals surface area contributed by atoms with Gasteiger partial charge in [0.25, 0.3) is 5.91 Å². The zero-order valence-electron chi connectivity index (χ0n) is 19.5. The van der Waals surface area contributed by atoms with E-state index in [1.807, 2.05) is 54.6 Å². The third-order valence-corrected chi connectivity index (χ3v) is 5.70. The Morgan fingerprint density at radius 1 is 0.971 bits per heavy atom. The molecule has 4 aromatic rings. The number of rotatable bonds is 7. The van der Waals surface area contributed by atoms with E-state index >= 15 is 0 Å². The molecule has 0 bridgehead atoms. The molecule has 3 aromatic carbocycles. The van der Waals surface area contributed by atoms with Crippen LogP contribution in [0.5, 0.6) is 23.0 Å². The van der Waals surface area contributed by atoms with Crippen LogP contribution < -0.4 is 24.3 Å². The van der Waals surface area contributed by atoms with Crippen LogP contribution in [0.1, 0.15) is 15.9 Å². The summed E-state index contributed by atoms with van der Waals surface area (Å²) in [6.07, 6.45) is 1.72. The summed E-state index contributed by atoms with van der Waals surface area (Å²) in [5, 5.41) is 7.75. The minimum absolute atomic E-state index is 0.262. The minimum atomic E-state index is -0.262. The fraction of sp³-hybridized carbons (Fsp3) is 0.185. The second kappa shape index (κ2) is 9.80. The Kier molecular flexibility index (Phi) is 6.26. The van der Waals surface area contributed by atoms with Crippen LogP contribution in [0.3, 0.4) is 0 Å². The summed E-state index contributed by atoms with van der Waals surface area (Å²) in [6, 6.07) is 20.7. The van der Waals surface area contributed by atoms with Gasteiger partial charge in [0.05, 0.1) is 25.5 Å². The summed E-state index contributed by atoms with van der Waals surface area (Å²) < 4.78 is 23.9. The Hall–Kier alpha value is -4.46. The van der Waals surface area contributed by atoms with Crippen LogP contribution in [0.2, 0.25) is 0 Å². The fourth-order valence-electron chi connectivity index (χ4n) is 3.93. The highest BCUT2D eigenvalue weighted by molar-refractivity contribution is 6.00. The molecule has 0 spiro atoms. The van der Waals surface area contributed by atoms with Gasteiger partial charge < -0.3 is 24.3 Å². The van der Waals surface area contributed by atoms with Gasteiger partial charge in [0.1, 0.15) is 30.4 Å². The van der Waals surface area contributed by atoms with Crippen molar-refractivity contribution >= 4 is 5.91 Å². The molecule has 2 heterocycles. The van der Waals surface area contributed by atoms with Crippen LogP contribution in [0.4, 0.5) is 0 Å². The monoisotopic (exact) mass is 471 g/mol. The molecule has 0 unspecified atom stereocenters. The molecule has 178 valence electrons. The first-order valence-corrected chi connectivity index (χ1v) is 11.2. The zero-order chi connectivity index (χ0) is 24.2. The highest BCUT2D eigenvalue weighted by Gasteiger charge is 2.22. The molecule has 1 aromatic heterocycles. The van der Waals surface area contributed by atoms with Gasteiger partial charge in [-0.2, -0.15) is 5.10 Å². The van der Waals surface area contributed by atoms with Crippen LogP contribution in [-0.4, -0.2) is 43.1 Å². The third-order valence-electron chi connectivity index (χ3n) is 5.70. The van der Waals surface area contributed by atoms with Crippen molar-refractivity contribution in [3.8, 4) is 39.9 Å². The molecule has 5 rings (SSSR count). The molecule has 0 aliphatic carbocycles. The topological polar surface area (TPSA) is 83.8 Å². The summed E-state index contributed by atoms with van der Waals surface area (Å²) in [5.74, 6) is 2.36. The molecule has 1 aliphatic rings. The largest absolute Gasteiger partial charge is 0.497 e. The molecular formula is C27H25N3O5. The Morgan fingerprint density at radius 2 is 1.77 bits per heavy atom. The maximum absolute atomic E-state index is 13.4. The lowest BCUT2D eigenvalue weighted by Crippen LogP contribution is -2.23. The van der Waals surface area contributed by atoms with Gasteiger partial charge in [0, 0.05) is 18.3 Å². The highest BCUT2D eigenvalue weighted by Crippen LogP contribution is 2.35. The van der Waals surface area contributed by atoms with E-state index < -0.39 is 0 Å². The van der Waals surface area contributed by atoms with E-state index in [1.54, 1.807) is 37.2 Å². The van der Waals surface area contributed by atoms with Crippen molar-refractivity contribution < 1.29 is 23.7 Å². The van der Waals surface area contributed by atoms with E-state index in [9.17, 15) is 4.79 Å². The molecule has 0 saturated carbocycles. The quantitative estimate of drug-likeness (QED) is 0.434. The summed E-state index contributed by atoms with van der Waals surface area (Å²) in [7, 11) is 3.18. The number of benzene rings is 3. The number of ether oxygens (including phenoxy) is 4. The van der Waals surface area contributed by atoms with Crippen molar-refractivity contribution in [3.05, 3.63) is 84.1 Å². The number of para-hydroxylation sites is 1. The predicted molar refractivity (Wildman–Crippen MR) is 131 cm³/mol. The van der Waals surface area contributed by atoms with Gasteiger partial charge in [-0.05, 0) is 48.0 Å². The first-order chi connectivity index (χ1) is 17.2. The second-order valence-electron chi connectivity index (χ2n) is 7.90. The average Bonchev–Trinajstić information content (AvgIpc) is 3.37. The second-order valence-corrected chi connectivity index (χ2v) is 7.90. The third kappa shape index (κ3) is 4.63. The molecule has 8 heteroatoms. The minimum Gasteiger partial charge on any atom is -0.497 e. The number of amides is 1. The zero-order valence-corrected chi connectivity index (χ0v) is 19.5. The molecule has 35 heavy (non-hydrogen) atoms. The van der Waals surface area contributed by atoms with Crippen LogP contribution in [-0.2, 0) is 6.54 Å². The Morgan fingerprint density at radius 3 is 2.54 bits per heavy atom. The van der Waals surface area contributed by atoms with Crippen LogP contribution in [0.15, 0.2) is 72.9 Å². The SMILES string of the molecule is COc1ccc(OC)c(-c2nn(-c3ccccc3)cc2C(=O)NCc2ccc3c(c2)OCCO3)c1. The van der Waals surface area contributed by atoms with Crippen LogP contribution >= 0.6 is 0 Å². The maximum atomic E-state index is 13.4. The Labute approximate surface area is 203 Å². The standard InChI is InChI=1S/C27H25N3O5/c1-32-20-9-11-23(33-2)21(15-20)26-22(17-30(29-26)19-6-4-3-5-7-19)27(31)28-16-18-8-10-24-25(14-18)35-13-12-34-24/h3-11,14-15,17H,12-13,16H2,1-2H3,(H,28,31). The average molecular weight is 472 g/mol. The first kappa shape index (κ1) is 22.3. The van der Waals surface area contributed by atoms with E-state index in [-0.39, 0.29) is 5.91 Å². The molecule has 0 radical (unpaired) electrons. The van der Waals surface area contributed by atoms with E-state index in [0.717, 1.165) is 11.3 Å². The van der Waals surface area contributed by atoms with Gasteiger partial charge in [-0.1, -0.05) is 24.3 Å². The van der Waals surface area contributed by atoms with Crippen LogP contribution in [0, 0.1) is 0 Å². The van der Waals surface area contributed by atoms with Crippen LogP contribution in [0.25, 0.3) is 16.9 Å². The van der Waals surface area contributed by atoms with Gasteiger partial charge in [0.2, 0.25) is 0 Å². The van der Waals surface area contributed by atoms with Crippen molar-refractivity contribution in [2.24, 2.45) is 0 Å². The van der Waals surface area contributed by atoms with Gasteiger partial charge in [-0.3, -0.25) is 4.79 Å². The predicted octanol–water partition coefficient (Wildman–Crippen LogP) is 4.26. The summed E-state index contributed by atoms with van der Waals surface area (Å²) >= 11 is 0. The Balaban J connectivity index is 1.49. The molecule has 1 aliphatic heterocycles. The lowest BCUT2D eigenvalue weighted by atomic mass is 10.1. The lowest BCUT2D eigenvalue weighted by molar-refractivity contribution is 0.0951. The fourth-order valence-corrected chi connectivity index (χ4v) is 3.93. The highest BCUT2D eigenvalue weighted by atomic mass is 16.6. The van der Waals surface area contributed by atoms with Gasteiger partial charge >= 0.3 is 0 Å². The number of hydrogen-bond acceptors (Lipinski definition) is 6. The van der Waals surface area contributed by atoms with Gasteiger partial charge in [-0.25, -0.2) is 4.68 Å². The van der Waals surface area contributed by atoms with Gasteiger partial charge in [-0.15, -0.1) is 0 Å². The van der Waals surface area contributed by atoms with E-state index in [4.69, 9.17) is 24.0 Å². The molecule has 0 atom stereocenters. The number of aromatic nitrogens is 2. The molecule has 0 saturated heterocycles. The van der Waals surface area contributed by atoms with E-state index in [1.165, 1.54) is 0 Å². The maximum Gasteiger partial charge on any atom is 0.255 e. The number of fused-ring (bicyclic) bond motifs is 1. The molecular weight excluding hydrogens is 446 g/mol. The summed E-state index contributed by atoms with van der Waals surface area (Å²) in [5.41, 5.74) is 3.30.